The Balaban J connectivity index is -0.000000605. The van der Waals surface area contributed by atoms with Crippen molar-refractivity contribution in [2.24, 2.45) is 5.73 Å². The van der Waals surface area contributed by atoms with E-state index in [4.69, 9.17) is 10.5 Å². The number of halogens is 2. The average Bonchev–Trinajstić information content (AvgIpc) is 2.09. The van der Waals surface area contributed by atoms with E-state index in [0.29, 0.717) is 19.6 Å². The summed E-state index contributed by atoms with van der Waals surface area (Å²) in [5, 5.41) is 0. The average molecular weight is 265 g/mol. The molecule has 0 aromatic heterocycles. The van der Waals surface area contributed by atoms with E-state index in [-0.39, 0.29) is 30.8 Å². The van der Waals surface area contributed by atoms with Gasteiger partial charge in [-0.15, -0.1) is 24.8 Å². The van der Waals surface area contributed by atoms with Crippen molar-refractivity contribution < 1.29 is 9.53 Å². The van der Waals surface area contributed by atoms with Crippen LogP contribution in [0.5, 0.6) is 0 Å². The second-order valence-electron chi connectivity index (χ2n) is 2.17. The predicted molar refractivity (Wildman–Crippen MR) is 65.3 cm³/mol. The Kier molecular flexibility index (Phi) is 22.3. The van der Waals surface area contributed by atoms with Gasteiger partial charge < -0.3 is 10.5 Å². The van der Waals surface area contributed by atoms with Crippen LogP contribution < -0.4 is 10.5 Å². The first kappa shape index (κ1) is 19.8. The molecule has 4 nitrogen and oxygen atoms in total. The molecule has 0 fully saturated rings. The largest absolute Gasteiger partial charge is 0.464 e. The molecule has 0 unspecified atom stereocenters. The molecule has 0 saturated heterocycles. The molecule has 0 aliphatic rings. The standard InChI is InChI=1S/C7H16N2O2S.2ClH/c1-9-12-6-2-3-7(10)11-5-4-8;;/h9H,2-6,8H2,1H3;2*1H. The summed E-state index contributed by atoms with van der Waals surface area (Å²) in [4.78, 5) is 10.9. The molecule has 0 radical (unpaired) electrons. The smallest absolute Gasteiger partial charge is 0.305 e. The van der Waals surface area contributed by atoms with Crippen molar-refractivity contribution in [1.82, 2.24) is 4.72 Å². The zero-order valence-electron chi connectivity index (χ0n) is 8.15. The Morgan fingerprint density at radius 1 is 1.50 bits per heavy atom. The fourth-order valence-electron chi connectivity index (χ4n) is 0.636. The Morgan fingerprint density at radius 3 is 2.64 bits per heavy atom. The van der Waals surface area contributed by atoms with Crippen LogP contribution >= 0.6 is 36.8 Å². The molecule has 0 aliphatic carbocycles. The predicted octanol–water partition coefficient (Wildman–Crippen LogP) is 0.980. The number of nitrogens with one attached hydrogen (secondary N) is 1. The third-order valence-electron chi connectivity index (χ3n) is 1.15. The molecule has 0 atom stereocenters. The lowest BCUT2D eigenvalue weighted by Crippen LogP contribution is -2.13. The maximum Gasteiger partial charge on any atom is 0.305 e. The van der Waals surface area contributed by atoms with Crippen LogP contribution in [0.2, 0.25) is 0 Å². The van der Waals surface area contributed by atoms with Gasteiger partial charge in [-0.25, -0.2) is 0 Å². The van der Waals surface area contributed by atoms with Crippen molar-refractivity contribution in [1.29, 1.82) is 0 Å². The number of nitrogens with two attached hydrogens (primary N) is 1. The Labute approximate surface area is 102 Å². The molecule has 0 bridgehead atoms. The second kappa shape index (κ2) is 15.8. The molecule has 3 N–H and O–H groups in total. The van der Waals surface area contributed by atoms with E-state index in [2.05, 4.69) is 4.72 Å². The minimum absolute atomic E-state index is 0. The zero-order valence-corrected chi connectivity index (χ0v) is 10.6. The fraction of sp³-hybridized carbons (Fsp3) is 0.857. The van der Waals surface area contributed by atoms with E-state index in [1.165, 1.54) is 0 Å². The molecular formula is C7H18Cl2N2O2S. The summed E-state index contributed by atoms with van der Waals surface area (Å²) in [6.07, 6.45) is 1.32. The minimum atomic E-state index is -0.155. The molecule has 14 heavy (non-hydrogen) atoms. The molecule has 0 saturated carbocycles. The van der Waals surface area contributed by atoms with Gasteiger partial charge in [0.1, 0.15) is 6.61 Å². The first-order chi connectivity index (χ1) is 5.81. The minimum Gasteiger partial charge on any atom is -0.464 e. The van der Waals surface area contributed by atoms with Crippen LogP contribution in [0.3, 0.4) is 0 Å². The van der Waals surface area contributed by atoms with E-state index in [0.717, 1.165) is 12.2 Å². The maximum atomic E-state index is 10.9. The second-order valence-corrected chi connectivity index (χ2v) is 3.27. The summed E-state index contributed by atoms with van der Waals surface area (Å²) in [6.45, 7) is 0.731. The van der Waals surface area contributed by atoms with Gasteiger partial charge >= 0.3 is 5.97 Å². The Bertz CT molecular complexity index is 130. The number of hydrogen-bond acceptors (Lipinski definition) is 5. The van der Waals surface area contributed by atoms with E-state index >= 15 is 0 Å². The van der Waals surface area contributed by atoms with Crippen molar-refractivity contribution in [2.45, 2.75) is 12.8 Å². The molecule has 0 heterocycles. The number of carbonyl (C=O) groups is 1. The van der Waals surface area contributed by atoms with Crippen LogP contribution in [0.15, 0.2) is 0 Å². The highest BCUT2D eigenvalue weighted by atomic mass is 35.5. The topological polar surface area (TPSA) is 64.3 Å². The highest BCUT2D eigenvalue weighted by Crippen LogP contribution is 1.99. The van der Waals surface area contributed by atoms with Gasteiger partial charge in [-0.2, -0.15) is 0 Å². The summed E-state index contributed by atoms with van der Waals surface area (Å²) in [5.41, 5.74) is 5.16. The third kappa shape index (κ3) is 14.8. The molecule has 0 aromatic rings. The van der Waals surface area contributed by atoms with Gasteiger partial charge in [-0.1, -0.05) is 11.9 Å². The van der Waals surface area contributed by atoms with Crippen LogP contribution in [-0.4, -0.2) is 31.9 Å². The lowest BCUT2D eigenvalue weighted by Gasteiger charge is -2.01. The van der Waals surface area contributed by atoms with Crippen molar-refractivity contribution in [3.8, 4) is 0 Å². The summed E-state index contributed by atoms with van der Waals surface area (Å²) >= 11 is 1.59. The van der Waals surface area contributed by atoms with E-state index in [9.17, 15) is 4.79 Å². The summed E-state index contributed by atoms with van der Waals surface area (Å²) in [7, 11) is 1.86. The first-order valence-corrected chi connectivity index (χ1v) is 4.94. The molecular weight excluding hydrogens is 247 g/mol. The number of carbonyl (C=O) groups excluding carboxylic acids is 1. The van der Waals surface area contributed by atoms with Crippen molar-refractivity contribution in [2.75, 3.05) is 26.0 Å². The van der Waals surface area contributed by atoms with E-state index < -0.39 is 0 Å². The van der Waals surface area contributed by atoms with Gasteiger partial charge in [0.15, 0.2) is 0 Å². The quantitative estimate of drug-likeness (QED) is 0.408. The van der Waals surface area contributed by atoms with Crippen molar-refractivity contribution in [3.05, 3.63) is 0 Å². The molecule has 0 spiro atoms. The molecule has 0 amide bonds. The lowest BCUT2D eigenvalue weighted by molar-refractivity contribution is -0.143. The third-order valence-corrected chi connectivity index (χ3v) is 1.93. The molecule has 88 valence electrons. The highest BCUT2D eigenvalue weighted by molar-refractivity contribution is 7.97. The lowest BCUT2D eigenvalue weighted by atomic mass is 10.3. The van der Waals surface area contributed by atoms with Gasteiger partial charge in [0.05, 0.1) is 0 Å². The Hall–Kier alpha value is 0.320. The number of rotatable bonds is 7. The van der Waals surface area contributed by atoms with Crippen molar-refractivity contribution >= 4 is 42.7 Å². The Morgan fingerprint density at radius 2 is 2.14 bits per heavy atom. The maximum absolute atomic E-state index is 10.9. The van der Waals surface area contributed by atoms with Crippen LogP contribution in [0.25, 0.3) is 0 Å². The van der Waals surface area contributed by atoms with Crippen LogP contribution in [0, 0.1) is 0 Å². The number of ether oxygens (including phenoxy) is 1. The van der Waals surface area contributed by atoms with Crippen LogP contribution in [0.1, 0.15) is 12.8 Å². The summed E-state index contributed by atoms with van der Waals surface area (Å²) in [6, 6.07) is 0. The van der Waals surface area contributed by atoms with Gasteiger partial charge in [-0.3, -0.25) is 9.52 Å². The monoisotopic (exact) mass is 264 g/mol. The van der Waals surface area contributed by atoms with Gasteiger partial charge in [-0.05, 0) is 13.5 Å². The molecule has 0 rings (SSSR count). The summed E-state index contributed by atoms with van der Waals surface area (Å²) < 4.78 is 7.71. The van der Waals surface area contributed by atoms with E-state index in [1.54, 1.807) is 11.9 Å². The zero-order chi connectivity index (χ0) is 9.23. The summed E-state index contributed by atoms with van der Waals surface area (Å²) in [5.74, 6) is 0.769. The van der Waals surface area contributed by atoms with Gasteiger partial charge in [0.2, 0.25) is 0 Å². The number of hydrogen-bond donors (Lipinski definition) is 2. The normalized spacial score (nSPS) is 8.43. The van der Waals surface area contributed by atoms with Crippen LogP contribution in [-0.2, 0) is 9.53 Å². The number of esters is 1. The molecule has 0 aromatic carbocycles. The van der Waals surface area contributed by atoms with Gasteiger partial charge in [0, 0.05) is 18.7 Å². The van der Waals surface area contributed by atoms with E-state index in [1.807, 2.05) is 7.05 Å². The SMILES string of the molecule is CNSCCCC(=O)OCCN.Cl.Cl. The molecule has 7 heteroatoms. The fourth-order valence-corrected chi connectivity index (χ4v) is 1.13. The molecule has 0 aliphatic heterocycles. The van der Waals surface area contributed by atoms with Crippen molar-refractivity contribution in [3.63, 3.8) is 0 Å². The highest BCUT2D eigenvalue weighted by Gasteiger charge is 2.00. The van der Waals surface area contributed by atoms with Gasteiger partial charge in [0.25, 0.3) is 0 Å². The van der Waals surface area contributed by atoms with Crippen LogP contribution in [0.4, 0.5) is 0 Å². The first-order valence-electron chi connectivity index (χ1n) is 3.95.